The van der Waals surface area contributed by atoms with E-state index >= 15 is 0 Å². The summed E-state index contributed by atoms with van der Waals surface area (Å²) in [5.41, 5.74) is 0. The summed E-state index contributed by atoms with van der Waals surface area (Å²) in [5.74, 6) is 0.806. The van der Waals surface area contributed by atoms with Crippen LogP contribution in [-0.2, 0) is 4.74 Å². The second-order valence-corrected chi connectivity index (χ2v) is 5.34. The van der Waals surface area contributed by atoms with Crippen molar-refractivity contribution in [3.8, 4) is 0 Å². The van der Waals surface area contributed by atoms with Crippen LogP contribution < -0.4 is 5.32 Å². The Labute approximate surface area is 105 Å². The molecule has 1 aliphatic heterocycles. The lowest BCUT2D eigenvalue weighted by molar-refractivity contribution is -0.0123. The minimum Gasteiger partial charge on any atom is -0.389 e. The molecule has 0 aromatic carbocycles. The lowest BCUT2D eigenvalue weighted by atomic mass is 9.97. The van der Waals surface area contributed by atoms with Crippen molar-refractivity contribution in [3.63, 3.8) is 0 Å². The quantitative estimate of drug-likeness (QED) is 0.692. The molecule has 0 saturated carbocycles. The molecule has 17 heavy (non-hydrogen) atoms. The molecule has 1 atom stereocenters. The fourth-order valence-corrected chi connectivity index (χ4v) is 2.32. The van der Waals surface area contributed by atoms with Crippen molar-refractivity contribution >= 4 is 0 Å². The first-order chi connectivity index (χ1) is 8.11. The molecule has 4 nitrogen and oxygen atoms in total. The number of nitrogens with one attached hydrogen (secondary N) is 1. The summed E-state index contributed by atoms with van der Waals surface area (Å²) in [6, 6.07) is 0. The normalized spacial score (nSPS) is 21.0. The summed E-state index contributed by atoms with van der Waals surface area (Å²) >= 11 is 0. The maximum Gasteiger partial charge on any atom is 0.0900 e. The van der Waals surface area contributed by atoms with Crippen LogP contribution in [0.15, 0.2) is 0 Å². The molecule has 0 aliphatic carbocycles. The molecule has 1 rings (SSSR count). The van der Waals surface area contributed by atoms with Crippen LogP contribution in [0.25, 0.3) is 0 Å². The summed E-state index contributed by atoms with van der Waals surface area (Å²) in [7, 11) is 2.01. The maximum absolute atomic E-state index is 9.84. The number of β-amino-alcohol motifs (C(OH)–C–C–N with tert-alkyl or cyclic N) is 1. The lowest BCUT2D eigenvalue weighted by Gasteiger charge is -2.33. The van der Waals surface area contributed by atoms with Gasteiger partial charge in [-0.3, -0.25) is 0 Å². The smallest absolute Gasteiger partial charge is 0.0900 e. The van der Waals surface area contributed by atoms with E-state index in [1.54, 1.807) is 0 Å². The maximum atomic E-state index is 9.84. The number of hydrogen-bond donors (Lipinski definition) is 2. The standard InChI is InChI=1S/C13H28N2O2/c1-11(2)17-10-13(16)9-15-6-4-12(5-7-15)8-14-3/h11-14,16H,4-10H2,1-3H3. The number of aliphatic hydroxyl groups is 1. The van der Waals surface area contributed by atoms with Crippen LogP contribution >= 0.6 is 0 Å². The Hall–Kier alpha value is -0.160. The van der Waals surface area contributed by atoms with E-state index in [4.69, 9.17) is 4.74 Å². The average Bonchev–Trinajstić information content (AvgIpc) is 2.29. The molecule has 1 aliphatic rings. The largest absolute Gasteiger partial charge is 0.389 e. The molecule has 1 heterocycles. The minimum atomic E-state index is -0.349. The molecule has 4 heteroatoms. The van der Waals surface area contributed by atoms with E-state index in [1.807, 2.05) is 20.9 Å². The SMILES string of the molecule is CNCC1CCN(CC(O)COC(C)C)CC1. The second-order valence-electron chi connectivity index (χ2n) is 5.34. The van der Waals surface area contributed by atoms with Crippen LogP contribution in [0.2, 0.25) is 0 Å². The average molecular weight is 244 g/mol. The van der Waals surface area contributed by atoms with Gasteiger partial charge in [0.1, 0.15) is 0 Å². The zero-order valence-electron chi connectivity index (χ0n) is 11.5. The van der Waals surface area contributed by atoms with Crippen molar-refractivity contribution in [1.82, 2.24) is 10.2 Å². The van der Waals surface area contributed by atoms with Gasteiger partial charge in [-0.2, -0.15) is 0 Å². The number of aliphatic hydroxyl groups excluding tert-OH is 1. The van der Waals surface area contributed by atoms with Crippen molar-refractivity contribution in [2.75, 3.05) is 39.8 Å². The zero-order valence-corrected chi connectivity index (χ0v) is 11.5. The van der Waals surface area contributed by atoms with Crippen LogP contribution in [0.3, 0.4) is 0 Å². The molecule has 102 valence electrons. The van der Waals surface area contributed by atoms with Gasteiger partial charge in [-0.25, -0.2) is 0 Å². The number of nitrogens with zero attached hydrogens (tertiary/aromatic N) is 1. The predicted molar refractivity (Wildman–Crippen MR) is 70.2 cm³/mol. The summed E-state index contributed by atoms with van der Waals surface area (Å²) in [6.45, 7) is 8.52. The Morgan fingerprint density at radius 1 is 1.35 bits per heavy atom. The van der Waals surface area contributed by atoms with E-state index in [9.17, 15) is 5.11 Å². The van der Waals surface area contributed by atoms with Crippen LogP contribution in [0.1, 0.15) is 26.7 Å². The van der Waals surface area contributed by atoms with E-state index in [-0.39, 0.29) is 12.2 Å². The molecule has 1 unspecified atom stereocenters. The molecular weight excluding hydrogens is 216 g/mol. The van der Waals surface area contributed by atoms with E-state index in [0.29, 0.717) is 6.61 Å². The van der Waals surface area contributed by atoms with Gasteiger partial charge in [0.05, 0.1) is 18.8 Å². The summed E-state index contributed by atoms with van der Waals surface area (Å²) in [6.07, 6.45) is 2.32. The molecule has 0 radical (unpaired) electrons. The van der Waals surface area contributed by atoms with E-state index in [1.165, 1.54) is 12.8 Å². The topological polar surface area (TPSA) is 44.7 Å². The Balaban J connectivity index is 2.12. The van der Waals surface area contributed by atoms with Gasteiger partial charge in [0.25, 0.3) is 0 Å². The lowest BCUT2D eigenvalue weighted by Crippen LogP contribution is -2.41. The van der Waals surface area contributed by atoms with Crippen molar-refractivity contribution in [1.29, 1.82) is 0 Å². The predicted octanol–water partition coefficient (Wildman–Crippen LogP) is 0.704. The Kier molecular flexibility index (Phi) is 7.04. The van der Waals surface area contributed by atoms with Crippen molar-refractivity contribution in [2.24, 2.45) is 5.92 Å². The van der Waals surface area contributed by atoms with Gasteiger partial charge in [0.2, 0.25) is 0 Å². The fraction of sp³-hybridized carbons (Fsp3) is 1.00. The third-order valence-electron chi connectivity index (χ3n) is 3.29. The molecule has 0 amide bonds. The van der Waals surface area contributed by atoms with Gasteiger partial charge in [0, 0.05) is 6.54 Å². The van der Waals surface area contributed by atoms with E-state index in [2.05, 4.69) is 10.2 Å². The first kappa shape index (κ1) is 14.9. The third kappa shape index (κ3) is 6.36. The number of rotatable bonds is 7. The molecule has 2 N–H and O–H groups in total. The van der Waals surface area contributed by atoms with E-state index in [0.717, 1.165) is 32.1 Å². The van der Waals surface area contributed by atoms with Crippen LogP contribution in [0.4, 0.5) is 0 Å². The van der Waals surface area contributed by atoms with E-state index < -0.39 is 0 Å². The first-order valence-corrected chi connectivity index (χ1v) is 6.78. The molecular formula is C13H28N2O2. The van der Waals surface area contributed by atoms with Gasteiger partial charge in [-0.1, -0.05) is 0 Å². The highest BCUT2D eigenvalue weighted by Gasteiger charge is 2.20. The monoisotopic (exact) mass is 244 g/mol. The van der Waals surface area contributed by atoms with Gasteiger partial charge in [-0.15, -0.1) is 0 Å². The van der Waals surface area contributed by atoms with Crippen LogP contribution in [0, 0.1) is 5.92 Å². The van der Waals surface area contributed by atoms with Gasteiger partial charge < -0.3 is 20.1 Å². The Bertz CT molecular complexity index is 192. The summed E-state index contributed by atoms with van der Waals surface area (Å²) < 4.78 is 5.42. The van der Waals surface area contributed by atoms with Gasteiger partial charge in [-0.05, 0) is 59.3 Å². The summed E-state index contributed by atoms with van der Waals surface area (Å²) in [5, 5.41) is 13.1. The molecule has 0 aromatic heterocycles. The van der Waals surface area contributed by atoms with Gasteiger partial charge in [0.15, 0.2) is 0 Å². The number of piperidine rings is 1. The van der Waals surface area contributed by atoms with Crippen LogP contribution in [-0.4, -0.2) is 62.0 Å². The number of ether oxygens (including phenoxy) is 1. The minimum absolute atomic E-state index is 0.200. The van der Waals surface area contributed by atoms with Crippen molar-refractivity contribution in [2.45, 2.75) is 38.9 Å². The Morgan fingerprint density at radius 2 is 2.00 bits per heavy atom. The van der Waals surface area contributed by atoms with Crippen LogP contribution in [0.5, 0.6) is 0 Å². The molecule has 1 saturated heterocycles. The van der Waals surface area contributed by atoms with Crippen molar-refractivity contribution < 1.29 is 9.84 Å². The zero-order chi connectivity index (χ0) is 12.7. The molecule has 0 spiro atoms. The summed E-state index contributed by atoms with van der Waals surface area (Å²) in [4.78, 5) is 2.35. The molecule has 0 aromatic rings. The first-order valence-electron chi connectivity index (χ1n) is 6.78. The number of hydrogen-bond acceptors (Lipinski definition) is 4. The number of likely N-dealkylation sites (tertiary alicyclic amines) is 1. The molecule has 1 fully saturated rings. The third-order valence-corrected chi connectivity index (χ3v) is 3.29. The highest BCUT2D eigenvalue weighted by atomic mass is 16.5. The highest BCUT2D eigenvalue weighted by Crippen LogP contribution is 2.16. The van der Waals surface area contributed by atoms with Gasteiger partial charge >= 0.3 is 0 Å². The highest BCUT2D eigenvalue weighted by molar-refractivity contribution is 4.75. The molecule has 0 bridgehead atoms. The van der Waals surface area contributed by atoms with Crippen molar-refractivity contribution in [3.05, 3.63) is 0 Å². The second kappa shape index (κ2) is 8.03. The Morgan fingerprint density at radius 3 is 2.53 bits per heavy atom. The fourth-order valence-electron chi connectivity index (χ4n) is 2.32.